The van der Waals surface area contributed by atoms with E-state index >= 15 is 0 Å². The number of rotatable bonds is 3. The van der Waals surface area contributed by atoms with Crippen molar-refractivity contribution in [2.45, 2.75) is 20.0 Å². The molecule has 1 unspecified atom stereocenters. The Morgan fingerprint density at radius 1 is 1.53 bits per heavy atom. The number of aliphatic hydroxyl groups excluding tert-OH is 3. The van der Waals surface area contributed by atoms with Crippen molar-refractivity contribution in [2.24, 2.45) is 0 Å². The second-order valence-corrected chi connectivity index (χ2v) is 2.81. The van der Waals surface area contributed by atoms with Crippen molar-refractivity contribution in [3.05, 3.63) is 24.0 Å². The number of hydrogen-bond acceptors (Lipinski definition) is 5. The number of ether oxygens (including phenoxy) is 1. The first-order valence-corrected chi connectivity index (χ1v) is 4.26. The Kier molecular flexibility index (Phi) is 9.92. The van der Waals surface area contributed by atoms with Crippen LogP contribution in [0.3, 0.4) is 0 Å². The molecule has 0 aromatic heterocycles. The van der Waals surface area contributed by atoms with Crippen LogP contribution in [0, 0.1) is 0 Å². The number of hydrogen-bond donors (Lipinski definition) is 3. The summed E-state index contributed by atoms with van der Waals surface area (Å²) in [5, 5.41) is 25.9. The van der Waals surface area contributed by atoms with Crippen molar-refractivity contribution in [2.75, 3.05) is 13.7 Å². The van der Waals surface area contributed by atoms with Crippen LogP contribution >= 0.6 is 0 Å². The van der Waals surface area contributed by atoms with Crippen LogP contribution in [-0.2, 0) is 9.53 Å². The lowest BCUT2D eigenvalue weighted by atomic mass is 10.2. The molecule has 0 aliphatic heterocycles. The maximum Gasteiger partial charge on any atom is 0.329 e. The molecule has 0 aromatic carbocycles. The van der Waals surface area contributed by atoms with E-state index in [9.17, 15) is 4.79 Å². The van der Waals surface area contributed by atoms with E-state index in [4.69, 9.17) is 15.3 Å². The molecule has 15 heavy (non-hydrogen) atoms. The highest BCUT2D eigenvalue weighted by Gasteiger charge is 2.07. The molecule has 0 aromatic rings. The summed E-state index contributed by atoms with van der Waals surface area (Å²) in [6, 6.07) is 0. The molecule has 3 N–H and O–H groups in total. The van der Waals surface area contributed by atoms with Gasteiger partial charge in [-0.3, -0.25) is 0 Å². The van der Waals surface area contributed by atoms with Gasteiger partial charge in [-0.05, 0) is 19.4 Å². The minimum Gasteiger partial charge on any atom is -0.510 e. The Bertz CT molecular complexity index is 228. The molecule has 1 atom stereocenters. The number of esters is 1. The van der Waals surface area contributed by atoms with Gasteiger partial charge in [0.15, 0.2) is 0 Å². The molecule has 0 aliphatic carbocycles. The average molecular weight is 218 g/mol. The lowest BCUT2D eigenvalue weighted by Crippen LogP contribution is -2.15. The van der Waals surface area contributed by atoms with Crippen molar-refractivity contribution in [3.63, 3.8) is 0 Å². The Balaban J connectivity index is 0. The van der Waals surface area contributed by atoms with E-state index in [0.717, 1.165) is 6.08 Å². The second kappa shape index (κ2) is 9.23. The standard InChI is InChI=1S/C6H12O3.C4H6O2/c1-4(2)6(9)5(8)3-7;1-3-4(5)6-2/h5,7-9H,3H2,1-2H3;3H,1H2,2H3. The maximum absolute atomic E-state index is 9.84. The monoisotopic (exact) mass is 218 g/mol. The summed E-state index contributed by atoms with van der Waals surface area (Å²) in [6.45, 7) is 6.05. The molecular weight excluding hydrogens is 200 g/mol. The number of allylic oxidation sites excluding steroid dienone is 1. The van der Waals surface area contributed by atoms with Gasteiger partial charge >= 0.3 is 5.97 Å². The zero-order valence-corrected chi connectivity index (χ0v) is 9.23. The number of carbonyl (C=O) groups excluding carboxylic acids is 1. The summed E-state index contributed by atoms with van der Waals surface area (Å²) in [4.78, 5) is 9.84. The Morgan fingerprint density at radius 3 is 2.07 bits per heavy atom. The van der Waals surface area contributed by atoms with Crippen LogP contribution in [0.5, 0.6) is 0 Å². The van der Waals surface area contributed by atoms with Gasteiger partial charge in [0, 0.05) is 6.08 Å². The first-order valence-electron chi connectivity index (χ1n) is 4.26. The van der Waals surface area contributed by atoms with E-state index in [2.05, 4.69) is 11.3 Å². The third kappa shape index (κ3) is 8.99. The highest BCUT2D eigenvalue weighted by Crippen LogP contribution is 2.03. The third-order valence-electron chi connectivity index (χ3n) is 1.37. The maximum atomic E-state index is 9.84. The third-order valence-corrected chi connectivity index (χ3v) is 1.37. The lowest BCUT2D eigenvalue weighted by Gasteiger charge is -2.06. The number of aliphatic hydroxyl groups is 3. The Hall–Kier alpha value is -1.33. The van der Waals surface area contributed by atoms with Crippen LogP contribution in [0.1, 0.15) is 13.8 Å². The fourth-order valence-electron chi connectivity index (χ4n) is 0.503. The minimum atomic E-state index is -1.12. The summed E-state index contributed by atoms with van der Waals surface area (Å²) < 4.78 is 4.14. The van der Waals surface area contributed by atoms with E-state index < -0.39 is 18.7 Å². The fourth-order valence-corrected chi connectivity index (χ4v) is 0.503. The van der Waals surface area contributed by atoms with Crippen molar-refractivity contribution in [1.29, 1.82) is 0 Å². The van der Waals surface area contributed by atoms with E-state index in [-0.39, 0.29) is 5.76 Å². The van der Waals surface area contributed by atoms with Gasteiger partial charge in [0.2, 0.25) is 0 Å². The average Bonchev–Trinajstić information content (AvgIpc) is 2.26. The zero-order chi connectivity index (χ0) is 12.4. The summed E-state index contributed by atoms with van der Waals surface area (Å²) in [6.07, 6.45) is -0.00463. The normalized spacial score (nSPS) is 10.5. The zero-order valence-electron chi connectivity index (χ0n) is 9.23. The van der Waals surface area contributed by atoms with Crippen LogP contribution in [0.25, 0.3) is 0 Å². The molecular formula is C10H18O5. The molecule has 0 radical (unpaired) electrons. The fraction of sp³-hybridized carbons (Fsp3) is 0.500. The predicted octanol–water partition coefficient (Wildman–Crippen LogP) is 0.537. The quantitative estimate of drug-likeness (QED) is 0.365. The highest BCUT2D eigenvalue weighted by molar-refractivity contribution is 5.80. The molecule has 0 saturated carbocycles. The van der Waals surface area contributed by atoms with Crippen molar-refractivity contribution in [1.82, 2.24) is 0 Å². The van der Waals surface area contributed by atoms with Gasteiger partial charge in [0.1, 0.15) is 11.9 Å². The van der Waals surface area contributed by atoms with Gasteiger partial charge in [0.25, 0.3) is 0 Å². The molecule has 0 heterocycles. The van der Waals surface area contributed by atoms with Crippen molar-refractivity contribution < 1.29 is 24.9 Å². The SMILES string of the molecule is C=CC(=O)OC.CC(C)=C(O)C(O)CO. The number of carbonyl (C=O) groups is 1. The predicted molar refractivity (Wildman–Crippen MR) is 56.3 cm³/mol. The van der Waals surface area contributed by atoms with Gasteiger partial charge in [-0.2, -0.15) is 0 Å². The topological polar surface area (TPSA) is 87.0 Å². The van der Waals surface area contributed by atoms with E-state index in [1.807, 2.05) is 0 Å². The van der Waals surface area contributed by atoms with Crippen LogP contribution < -0.4 is 0 Å². The first-order chi connectivity index (χ1) is 6.90. The molecule has 0 spiro atoms. The van der Waals surface area contributed by atoms with Crippen LogP contribution in [0.15, 0.2) is 24.0 Å². The summed E-state index contributed by atoms with van der Waals surface area (Å²) >= 11 is 0. The number of methoxy groups -OCH3 is 1. The Labute approximate surface area is 89.3 Å². The highest BCUT2D eigenvalue weighted by atomic mass is 16.5. The van der Waals surface area contributed by atoms with E-state index in [1.54, 1.807) is 13.8 Å². The molecule has 0 aliphatic rings. The second-order valence-electron chi connectivity index (χ2n) is 2.81. The molecule has 0 bridgehead atoms. The van der Waals surface area contributed by atoms with Gasteiger partial charge in [-0.15, -0.1) is 0 Å². The van der Waals surface area contributed by atoms with Crippen LogP contribution in [-0.4, -0.2) is 41.1 Å². The van der Waals surface area contributed by atoms with E-state index in [0.29, 0.717) is 5.57 Å². The molecule has 0 rings (SSSR count). The first kappa shape index (κ1) is 16.1. The van der Waals surface area contributed by atoms with E-state index in [1.165, 1.54) is 7.11 Å². The molecule has 5 nitrogen and oxygen atoms in total. The minimum absolute atomic E-state index is 0.141. The summed E-state index contributed by atoms with van der Waals surface area (Å²) in [5.74, 6) is -0.535. The molecule has 0 fully saturated rings. The van der Waals surface area contributed by atoms with Crippen LogP contribution in [0.4, 0.5) is 0 Å². The van der Waals surface area contributed by atoms with Crippen molar-refractivity contribution >= 4 is 5.97 Å². The molecule has 0 amide bonds. The molecule has 5 heteroatoms. The van der Waals surface area contributed by atoms with Crippen molar-refractivity contribution in [3.8, 4) is 0 Å². The smallest absolute Gasteiger partial charge is 0.329 e. The summed E-state index contributed by atoms with van der Waals surface area (Å²) in [7, 11) is 1.31. The van der Waals surface area contributed by atoms with Gasteiger partial charge in [-0.1, -0.05) is 6.58 Å². The van der Waals surface area contributed by atoms with Gasteiger partial charge < -0.3 is 20.1 Å². The Morgan fingerprint density at radius 2 is 2.00 bits per heavy atom. The summed E-state index contributed by atoms with van der Waals surface area (Å²) in [5.41, 5.74) is 0.622. The van der Waals surface area contributed by atoms with Gasteiger partial charge in [-0.25, -0.2) is 4.79 Å². The van der Waals surface area contributed by atoms with Gasteiger partial charge in [0.05, 0.1) is 13.7 Å². The molecule has 88 valence electrons. The molecule has 0 saturated heterocycles. The lowest BCUT2D eigenvalue weighted by molar-refractivity contribution is -0.134. The van der Waals surface area contributed by atoms with Crippen LogP contribution in [0.2, 0.25) is 0 Å². The largest absolute Gasteiger partial charge is 0.510 e.